The van der Waals surface area contributed by atoms with Crippen LogP contribution < -0.4 is 0 Å². The fourth-order valence-electron chi connectivity index (χ4n) is 3.02. The van der Waals surface area contributed by atoms with Gasteiger partial charge in [-0.15, -0.1) is 11.8 Å². The van der Waals surface area contributed by atoms with Gasteiger partial charge in [-0.2, -0.15) is 0 Å². The van der Waals surface area contributed by atoms with Crippen LogP contribution in [-0.4, -0.2) is 13.1 Å². The summed E-state index contributed by atoms with van der Waals surface area (Å²) in [7, 11) is 0. The van der Waals surface area contributed by atoms with Gasteiger partial charge < -0.3 is 4.90 Å². The monoisotopic (exact) mass is 451 g/mol. The quantitative estimate of drug-likeness (QED) is 0.356. The highest BCUT2D eigenvalue weighted by molar-refractivity contribution is 8.43. The number of thiocarbonyl (C=S) groups is 1. The molecular formula is C24H21NS4. The summed E-state index contributed by atoms with van der Waals surface area (Å²) in [4.78, 5) is 3.64. The minimum absolute atomic E-state index is 0.353. The highest BCUT2D eigenvalue weighted by Gasteiger charge is 2.24. The van der Waals surface area contributed by atoms with Crippen molar-refractivity contribution in [2.45, 2.75) is 17.0 Å². The minimum Gasteiger partial charge on any atom is -0.349 e. The van der Waals surface area contributed by atoms with E-state index < -0.39 is 0 Å². The van der Waals surface area contributed by atoms with Crippen LogP contribution in [0.2, 0.25) is 0 Å². The number of hydrogen-bond acceptors (Lipinski definition) is 4. The maximum atomic E-state index is 5.90. The molecule has 29 heavy (non-hydrogen) atoms. The Morgan fingerprint density at radius 3 is 1.86 bits per heavy atom. The van der Waals surface area contributed by atoms with Crippen molar-refractivity contribution < 1.29 is 0 Å². The van der Waals surface area contributed by atoms with Crippen molar-refractivity contribution in [1.29, 1.82) is 0 Å². The first-order valence-corrected chi connectivity index (χ1v) is 12.5. The third-order valence-electron chi connectivity index (χ3n) is 4.46. The zero-order valence-electron chi connectivity index (χ0n) is 15.8. The molecule has 1 atom stereocenters. The van der Waals surface area contributed by atoms with E-state index in [1.54, 1.807) is 11.8 Å². The maximum absolute atomic E-state index is 5.90. The molecule has 0 aliphatic carbocycles. The Hall–Kier alpha value is -1.66. The van der Waals surface area contributed by atoms with E-state index in [-0.39, 0.29) is 0 Å². The lowest BCUT2D eigenvalue weighted by Crippen LogP contribution is -2.27. The predicted octanol–water partition coefficient (Wildman–Crippen LogP) is 7.47. The van der Waals surface area contributed by atoms with Gasteiger partial charge in [-0.3, -0.25) is 0 Å². The van der Waals surface area contributed by atoms with Crippen LogP contribution in [-0.2, 0) is 13.1 Å². The zero-order valence-corrected chi connectivity index (χ0v) is 19.1. The summed E-state index contributed by atoms with van der Waals surface area (Å²) in [6.45, 7) is 1.64. The van der Waals surface area contributed by atoms with Crippen molar-refractivity contribution in [3.63, 3.8) is 0 Å². The Morgan fingerprint density at radius 1 is 0.793 bits per heavy atom. The number of benzene rings is 3. The largest absolute Gasteiger partial charge is 0.349 e. The van der Waals surface area contributed by atoms with Crippen LogP contribution in [0.1, 0.15) is 16.7 Å². The summed E-state index contributed by atoms with van der Waals surface area (Å²) < 4.78 is 1.30. The van der Waals surface area contributed by atoms with E-state index in [1.807, 2.05) is 23.5 Å². The van der Waals surface area contributed by atoms with Crippen LogP contribution in [0.4, 0.5) is 0 Å². The fraction of sp³-hybridized carbons (Fsp3) is 0.125. The molecule has 5 heteroatoms. The predicted molar refractivity (Wildman–Crippen MR) is 136 cm³/mol. The lowest BCUT2D eigenvalue weighted by Gasteiger charge is -2.26. The Bertz CT molecular complexity index is 916. The molecule has 0 N–H and O–H groups in total. The van der Waals surface area contributed by atoms with Crippen LogP contribution in [0, 0.1) is 0 Å². The van der Waals surface area contributed by atoms with E-state index in [0.29, 0.717) is 3.91 Å². The topological polar surface area (TPSA) is 3.24 Å². The molecule has 1 heterocycles. The second-order valence-electron chi connectivity index (χ2n) is 6.60. The molecule has 3 aromatic carbocycles. The second kappa shape index (κ2) is 10.4. The van der Waals surface area contributed by atoms with Gasteiger partial charge in [0, 0.05) is 18.0 Å². The Kier molecular flexibility index (Phi) is 7.39. The summed E-state index contributed by atoms with van der Waals surface area (Å²) >= 11 is 11.4. The second-order valence-corrected chi connectivity index (χ2v) is 11.4. The Balaban J connectivity index is 1.42. The summed E-state index contributed by atoms with van der Waals surface area (Å²) in [6.07, 6.45) is 0. The standard InChI is InChI=1S/C24H21NS4/c26-23(29-24-27-18-22(28-24)21-14-8-3-9-15-21)25(16-19-10-4-1-5-11-19)17-20-12-6-2-7-13-20/h1-15,18,24H,16-17H2. The van der Waals surface area contributed by atoms with Gasteiger partial charge in [0.15, 0.2) is 0 Å². The third kappa shape index (κ3) is 5.92. The van der Waals surface area contributed by atoms with Crippen LogP contribution in [0.5, 0.6) is 0 Å². The fourth-order valence-corrected chi connectivity index (χ4v) is 7.62. The maximum Gasteiger partial charge on any atom is 0.138 e. The molecule has 0 spiro atoms. The van der Waals surface area contributed by atoms with Gasteiger partial charge in [0.25, 0.3) is 0 Å². The molecule has 1 aliphatic heterocycles. The lowest BCUT2D eigenvalue weighted by molar-refractivity contribution is 0.421. The molecule has 0 saturated carbocycles. The number of rotatable bonds is 6. The molecule has 1 nitrogen and oxygen atoms in total. The molecule has 1 aliphatic rings. The first-order chi connectivity index (χ1) is 14.3. The lowest BCUT2D eigenvalue weighted by atomic mass is 10.2. The summed E-state index contributed by atoms with van der Waals surface area (Å²) in [5.41, 5.74) is 3.84. The van der Waals surface area contributed by atoms with Crippen molar-refractivity contribution in [3.05, 3.63) is 113 Å². The van der Waals surface area contributed by atoms with Gasteiger partial charge in [-0.1, -0.05) is 127 Å². The van der Waals surface area contributed by atoms with E-state index in [9.17, 15) is 0 Å². The van der Waals surface area contributed by atoms with Gasteiger partial charge in [0.05, 0.1) is 0 Å². The van der Waals surface area contributed by atoms with Crippen molar-refractivity contribution in [1.82, 2.24) is 4.90 Å². The number of hydrogen-bond donors (Lipinski definition) is 0. The summed E-state index contributed by atoms with van der Waals surface area (Å²) in [6, 6.07) is 31.7. The smallest absolute Gasteiger partial charge is 0.138 e. The normalized spacial score (nSPS) is 15.7. The van der Waals surface area contributed by atoms with Crippen molar-refractivity contribution in [2.24, 2.45) is 0 Å². The average Bonchev–Trinajstić information content (AvgIpc) is 3.24. The SMILES string of the molecule is S=C(SC1SC=C(c2ccccc2)S1)N(Cc1ccccc1)Cc1ccccc1. The van der Waals surface area contributed by atoms with Crippen LogP contribution >= 0.6 is 47.5 Å². The zero-order chi connectivity index (χ0) is 19.9. The molecule has 0 aromatic heterocycles. The van der Waals surface area contributed by atoms with Crippen molar-refractivity contribution in [3.8, 4) is 0 Å². The van der Waals surface area contributed by atoms with Crippen LogP contribution in [0.15, 0.2) is 96.4 Å². The first kappa shape index (κ1) is 20.6. The molecule has 3 aromatic rings. The van der Waals surface area contributed by atoms with Gasteiger partial charge >= 0.3 is 0 Å². The molecule has 146 valence electrons. The third-order valence-corrected chi connectivity index (χ3v) is 9.02. The van der Waals surface area contributed by atoms with Gasteiger partial charge in [-0.25, -0.2) is 0 Å². The average molecular weight is 452 g/mol. The van der Waals surface area contributed by atoms with E-state index in [4.69, 9.17) is 12.2 Å². The van der Waals surface area contributed by atoms with Gasteiger partial charge in [-0.05, 0) is 22.1 Å². The van der Waals surface area contributed by atoms with Crippen LogP contribution in [0.25, 0.3) is 4.91 Å². The molecule has 1 unspecified atom stereocenters. The highest BCUT2D eigenvalue weighted by atomic mass is 32.3. The molecule has 4 rings (SSSR count). The van der Waals surface area contributed by atoms with E-state index in [0.717, 1.165) is 17.4 Å². The summed E-state index contributed by atoms with van der Waals surface area (Å²) in [5, 5.41) is 2.26. The molecule has 0 radical (unpaired) electrons. The van der Waals surface area contributed by atoms with Crippen molar-refractivity contribution in [2.75, 3.05) is 0 Å². The molecule has 0 saturated heterocycles. The molecular weight excluding hydrogens is 431 g/mol. The first-order valence-electron chi connectivity index (χ1n) is 9.39. The number of thioether (sulfide) groups is 3. The molecule has 0 bridgehead atoms. The van der Waals surface area contributed by atoms with Crippen molar-refractivity contribution >= 4 is 56.7 Å². The van der Waals surface area contributed by atoms with E-state index in [1.165, 1.54) is 21.6 Å². The summed E-state index contributed by atoms with van der Waals surface area (Å²) in [5.74, 6) is 0. The van der Waals surface area contributed by atoms with Crippen LogP contribution in [0.3, 0.4) is 0 Å². The highest BCUT2D eigenvalue weighted by Crippen LogP contribution is 2.50. The molecule has 0 amide bonds. The Morgan fingerprint density at radius 2 is 1.31 bits per heavy atom. The number of nitrogens with zero attached hydrogens (tertiary/aromatic N) is 1. The molecule has 0 fully saturated rings. The van der Waals surface area contributed by atoms with Gasteiger partial charge in [0.2, 0.25) is 0 Å². The van der Waals surface area contributed by atoms with E-state index >= 15 is 0 Å². The Labute approximate surface area is 191 Å². The van der Waals surface area contributed by atoms with E-state index in [2.05, 4.69) is 101 Å². The van der Waals surface area contributed by atoms with Gasteiger partial charge in [0.1, 0.15) is 8.23 Å². The minimum atomic E-state index is 0.353.